The normalized spacial score (nSPS) is 11.7. The monoisotopic (exact) mass is 426 g/mol. The molecule has 2 aromatic carbocycles. The smallest absolute Gasteiger partial charge is 0.286 e. The average molecular weight is 428 g/mol. The summed E-state index contributed by atoms with van der Waals surface area (Å²) < 4.78 is 8.23. The van der Waals surface area contributed by atoms with Crippen LogP contribution in [0.3, 0.4) is 0 Å². The minimum Gasteiger partial charge on any atom is -0.482 e. The molecule has 134 valence electrons. The highest BCUT2D eigenvalue weighted by molar-refractivity contribution is 7.16. The molecule has 8 heteroatoms. The maximum absolute atomic E-state index is 12.3. The summed E-state index contributed by atoms with van der Waals surface area (Å²) in [5, 5.41) is 1.42. The van der Waals surface area contributed by atoms with E-state index in [2.05, 4.69) is 11.6 Å². The maximum atomic E-state index is 12.3. The molecule has 4 nitrogen and oxygen atoms in total. The average Bonchev–Trinajstić information content (AvgIpc) is 2.93. The number of nitrogens with zero attached hydrogens (tertiary/aromatic N) is 2. The fraction of sp³-hybridized carbons (Fsp3) is 0.111. The molecule has 1 amide bonds. The number of amides is 1. The van der Waals surface area contributed by atoms with Crippen molar-refractivity contribution in [3.05, 3.63) is 68.9 Å². The van der Waals surface area contributed by atoms with E-state index in [0.29, 0.717) is 32.2 Å². The van der Waals surface area contributed by atoms with E-state index in [1.54, 1.807) is 30.3 Å². The van der Waals surface area contributed by atoms with Crippen molar-refractivity contribution in [3.63, 3.8) is 0 Å². The van der Waals surface area contributed by atoms with E-state index in [9.17, 15) is 4.79 Å². The minimum absolute atomic E-state index is 0.239. The molecule has 3 aromatic rings. The first-order valence-electron chi connectivity index (χ1n) is 7.53. The SMILES string of the molecule is C=CCn1c(=NC(=O)COc2ccc(Cl)cc2Cl)sc2cccc(Cl)c21. The van der Waals surface area contributed by atoms with Crippen LogP contribution in [0.4, 0.5) is 0 Å². The van der Waals surface area contributed by atoms with Crippen molar-refractivity contribution in [1.82, 2.24) is 4.57 Å². The van der Waals surface area contributed by atoms with Gasteiger partial charge in [0, 0.05) is 11.6 Å². The van der Waals surface area contributed by atoms with E-state index in [1.807, 2.05) is 16.7 Å². The van der Waals surface area contributed by atoms with Gasteiger partial charge >= 0.3 is 0 Å². The summed E-state index contributed by atoms with van der Waals surface area (Å²) in [6.45, 7) is 4.00. The van der Waals surface area contributed by atoms with Gasteiger partial charge in [-0.1, -0.05) is 58.3 Å². The van der Waals surface area contributed by atoms with Gasteiger partial charge in [0.15, 0.2) is 11.4 Å². The summed E-state index contributed by atoms with van der Waals surface area (Å²) in [6, 6.07) is 10.4. The number of rotatable bonds is 5. The van der Waals surface area contributed by atoms with Crippen molar-refractivity contribution in [2.45, 2.75) is 6.54 Å². The number of para-hydroxylation sites is 1. The Labute approximate surface area is 168 Å². The summed E-state index contributed by atoms with van der Waals surface area (Å²) in [7, 11) is 0. The zero-order chi connectivity index (χ0) is 18.7. The van der Waals surface area contributed by atoms with Crippen LogP contribution in [-0.4, -0.2) is 17.1 Å². The lowest BCUT2D eigenvalue weighted by Gasteiger charge is -2.06. The Morgan fingerprint density at radius 2 is 2.04 bits per heavy atom. The molecule has 0 saturated heterocycles. The molecular weight excluding hydrogens is 415 g/mol. The molecule has 0 unspecified atom stereocenters. The Hall–Kier alpha value is -1.79. The quantitative estimate of drug-likeness (QED) is 0.515. The summed E-state index contributed by atoms with van der Waals surface area (Å²) in [5.74, 6) is -0.0607. The number of benzene rings is 2. The van der Waals surface area contributed by atoms with E-state index in [-0.39, 0.29) is 6.61 Å². The van der Waals surface area contributed by atoms with Crippen molar-refractivity contribution < 1.29 is 9.53 Å². The van der Waals surface area contributed by atoms with Crippen LogP contribution < -0.4 is 9.54 Å². The molecule has 0 bridgehead atoms. The maximum Gasteiger partial charge on any atom is 0.286 e. The van der Waals surface area contributed by atoms with Gasteiger partial charge in [-0.15, -0.1) is 6.58 Å². The lowest BCUT2D eigenvalue weighted by atomic mass is 10.3. The summed E-state index contributed by atoms with van der Waals surface area (Å²) >= 11 is 19.5. The number of thiazole rings is 1. The molecule has 1 heterocycles. The second-order valence-corrected chi connectivity index (χ2v) is 7.50. The van der Waals surface area contributed by atoms with Gasteiger partial charge in [-0.25, -0.2) is 0 Å². The molecule has 3 rings (SSSR count). The topological polar surface area (TPSA) is 43.6 Å². The second kappa shape index (κ2) is 8.27. The lowest BCUT2D eigenvalue weighted by Crippen LogP contribution is -2.19. The Morgan fingerprint density at radius 1 is 1.23 bits per heavy atom. The zero-order valence-electron chi connectivity index (χ0n) is 13.4. The van der Waals surface area contributed by atoms with Crippen molar-refractivity contribution in [1.29, 1.82) is 0 Å². The lowest BCUT2D eigenvalue weighted by molar-refractivity contribution is -0.120. The van der Waals surface area contributed by atoms with Crippen LogP contribution in [0.15, 0.2) is 54.0 Å². The van der Waals surface area contributed by atoms with E-state index in [4.69, 9.17) is 39.5 Å². The van der Waals surface area contributed by atoms with Crippen LogP contribution in [0, 0.1) is 0 Å². The highest BCUT2D eigenvalue weighted by atomic mass is 35.5. The van der Waals surface area contributed by atoms with E-state index in [1.165, 1.54) is 11.3 Å². The predicted molar refractivity (Wildman–Crippen MR) is 108 cm³/mol. The molecule has 0 saturated carbocycles. The molecule has 0 aliphatic carbocycles. The van der Waals surface area contributed by atoms with Crippen LogP contribution in [0.2, 0.25) is 15.1 Å². The predicted octanol–water partition coefficient (Wildman–Crippen LogP) is 5.36. The number of fused-ring (bicyclic) bond motifs is 1. The number of carbonyl (C=O) groups excluding carboxylic acids is 1. The molecule has 0 spiro atoms. The van der Waals surface area contributed by atoms with Gasteiger partial charge < -0.3 is 9.30 Å². The third kappa shape index (κ3) is 4.13. The standard InChI is InChI=1S/C18H13Cl3N2O2S/c1-2-8-23-17-12(20)4-3-5-15(17)26-18(23)22-16(24)10-25-14-7-6-11(19)9-13(14)21/h2-7,9H,1,8,10H2. The van der Waals surface area contributed by atoms with Crippen LogP contribution in [0.25, 0.3) is 10.2 Å². The summed E-state index contributed by atoms with van der Waals surface area (Å²) in [4.78, 5) is 16.9. The van der Waals surface area contributed by atoms with Gasteiger partial charge in [-0.3, -0.25) is 4.79 Å². The van der Waals surface area contributed by atoms with E-state index >= 15 is 0 Å². The molecule has 0 fully saturated rings. The third-order valence-electron chi connectivity index (χ3n) is 3.43. The van der Waals surface area contributed by atoms with Crippen LogP contribution in [0.5, 0.6) is 5.75 Å². The first-order chi connectivity index (χ1) is 12.5. The number of halogens is 3. The first kappa shape index (κ1) is 19.0. The fourth-order valence-electron chi connectivity index (χ4n) is 2.34. The molecule has 0 atom stereocenters. The van der Waals surface area contributed by atoms with E-state index < -0.39 is 5.91 Å². The van der Waals surface area contributed by atoms with Crippen molar-refractivity contribution >= 4 is 62.3 Å². The third-order valence-corrected chi connectivity index (χ3v) is 5.31. The number of hydrogen-bond acceptors (Lipinski definition) is 3. The molecule has 1 aromatic heterocycles. The Kier molecular flexibility index (Phi) is 6.04. The van der Waals surface area contributed by atoms with Crippen LogP contribution in [-0.2, 0) is 11.3 Å². The fourth-order valence-corrected chi connectivity index (χ4v) is 4.22. The van der Waals surface area contributed by atoms with Gasteiger partial charge in [0.1, 0.15) is 5.75 Å². The van der Waals surface area contributed by atoms with Gasteiger partial charge in [-0.2, -0.15) is 4.99 Å². The van der Waals surface area contributed by atoms with Gasteiger partial charge in [0.25, 0.3) is 5.91 Å². The second-order valence-electron chi connectivity index (χ2n) is 5.24. The van der Waals surface area contributed by atoms with Gasteiger partial charge in [0.2, 0.25) is 0 Å². The molecular formula is C18H13Cl3N2O2S. The van der Waals surface area contributed by atoms with Crippen LogP contribution in [0.1, 0.15) is 0 Å². The highest BCUT2D eigenvalue weighted by Gasteiger charge is 2.11. The molecule has 0 aliphatic heterocycles. The highest BCUT2D eigenvalue weighted by Crippen LogP contribution is 2.27. The van der Waals surface area contributed by atoms with E-state index in [0.717, 1.165) is 10.2 Å². The zero-order valence-corrected chi connectivity index (χ0v) is 16.5. The molecule has 0 aliphatic rings. The molecule has 0 N–H and O–H groups in total. The first-order valence-corrected chi connectivity index (χ1v) is 9.49. The van der Waals surface area contributed by atoms with Gasteiger partial charge in [-0.05, 0) is 30.3 Å². The number of allylic oxidation sites excluding steroid dienone is 1. The minimum atomic E-state index is -0.434. The molecule has 26 heavy (non-hydrogen) atoms. The Bertz CT molecular complexity index is 1060. The van der Waals surface area contributed by atoms with Crippen molar-refractivity contribution in [2.75, 3.05) is 6.61 Å². The van der Waals surface area contributed by atoms with Crippen molar-refractivity contribution in [2.24, 2.45) is 4.99 Å². The number of carbonyl (C=O) groups is 1. The summed E-state index contributed by atoms with van der Waals surface area (Å²) in [6.07, 6.45) is 1.73. The van der Waals surface area contributed by atoms with Gasteiger partial charge in [0.05, 0.1) is 20.3 Å². The number of aromatic nitrogens is 1. The Balaban J connectivity index is 1.89. The Morgan fingerprint density at radius 3 is 2.77 bits per heavy atom. The number of ether oxygens (including phenoxy) is 1. The largest absolute Gasteiger partial charge is 0.482 e. The van der Waals surface area contributed by atoms with Crippen LogP contribution >= 0.6 is 46.1 Å². The molecule has 0 radical (unpaired) electrons. The summed E-state index contributed by atoms with van der Waals surface area (Å²) in [5.41, 5.74) is 0.826. The number of hydrogen-bond donors (Lipinski definition) is 0. The van der Waals surface area contributed by atoms with Crippen molar-refractivity contribution in [3.8, 4) is 5.75 Å².